The molecule has 25 heavy (non-hydrogen) atoms. The van der Waals surface area contributed by atoms with E-state index in [1.807, 2.05) is 6.92 Å². The molecule has 132 valence electrons. The number of amides is 1. The first-order chi connectivity index (χ1) is 11.9. The zero-order chi connectivity index (χ0) is 18.0. The van der Waals surface area contributed by atoms with E-state index in [0.717, 1.165) is 4.57 Å². The van der Waals surface area contributed by atoms with Gasteiger partial charge in [0, 0.05) is 6.42 Å². The summed E-state index contributed by atoms with van der Waals surface area (Å²) in [5, 5.41) is 6.14. The van der Waals surface area contributed by atoms with Gasteiger partial charge in [-0.15, -0.1) is 0 Å². The standard InChI is InChI=1S/C15H14F3N5O2/c1-2-13-21-11(22-25-13)7-19-12(24)8-23-10-6-4-3-5-9(10)20-14(23)15(16,17)18/h3-6H,2,7-8H2,1H3,(H,19,24). The van der Waals surface area contributed by atoms with Crippen molar-refractivity contribution in [1.29, 1.82) is 0 Å². The maximum Gasteiger partial charge on any atom is 0.449 e. The Morgan fingerprint density at radius 3 is 2.72 bits per heavy atom. The molecule has 0 spiro atoms. The van der Waals surface area contributed by atoms with Crippen LogP contribution < -0.4 is 5.32 Å². The highest BCUT2D eigenvalue weighted by atomic mass is 19.4. The van der Waals surface area contributed by atoms with Crippen molar-refractivity contribution in [1.82, 2.24) is 25.0 Å². The Balaban J connectivity index is 1.78. The Hall–Kier alpha value is -2.91. The fourth-order valence-corrected chi connectivity index (χ4v) is 2.33. The lowest BCUT2D eigenvalue weighted by Crippen LogP contribution is -2.29. The van der Waals surface area contributed by atoms with E-state index in [4.69, 9.17) is 4.52 Å². The van der Waals surface area contributed by atoms with Crippen molar-refractivity contribution in [2.75, 3.05) is 0 Å². The third kappa shape index (κ3) is 3.62. The van der Waals surface area contributed by atoms with Crippen LogP contribution >= 0.6 is 0 Å². The second kappa shape index (κ2) is 6.54. The fraction of sp³-hybridized carbons (Fsp3) is 0.333. The number of rotatable bonds is 5. The molecule has 0 bridgehead atoms. The van der Waals surface area contributed by atoms with Crippen LogP contribution in [0.1, 0.15) is 24.5 Å². The van der Waals surface area contributed by atoms with E-state index in [-0.39, 0.29) is 23.4 Å². The smallest absolute Gasteiger partial charge is 0.347 e. The Bertz CT molecular complexity index is 900. The molecule has 0 radical (unpaired) electrons. The van der Waals surface area contributed by atoms with Crippen LogP contribution in [-0.4, -0.2) is 25.6 Å². The van der Waals surface area contributed by atoms with Crippen molar-refractivity contribution in [2.45, 2.75) is 32.6 Å². The monoisotopic (exact) mass is 353 g/mol. The number of aryl methyl sites for hydroxylation is 1. The summed E-state index contributed by atoms with van der Waals surface area (Å²) in [6.07, 6.45) is -4.11. The van der Waals surface area contributed by atoms with E-state index in [1.165, 1.54) is 12.1 Å². The number of nitrogens with zero attached hydrogens (tertiary/aromatic N) is 4. The molecule has 0 unspecified atom stereocenters. The Morgan fingerprint density at radius 1 is 1.28 bits per heavy atom. The van der Waals surface area contributed by atoms with E-state index in [1.54, 1.807) is 12.1 Å². The third-order valence-electron chi connectivity index (χ3n) is 3.47. The molecule has 1 N–H and O–H groups in total. The summed E-state index contributed by atoms with van der Waals surface area (Å²) in [6, 6.07) is 6.12. The zero-order valence-corrected chi connectivity index (χ0v) is 13.2. The Kier molecular flexibility index (Phi) is 4.43. The van der Waals surface area contributed by atoms with E-state index in [2.05, 4.69) is 20.4 Å². The number of alkyl halides is 3. The lowest BCUT2D eigenvalue weighted by molar-refractivity contribution is -0.147. The van der Waals surface area contributed by atoms with Crippen LogP contribution in [-0.2, 0) is 30.5 Å². The van der Waals surface area contributed by atoms with Crippen molar-refractivity contribution in [3.8, 4) is 0 Å². The van der Waals surface area contributed by atoms with Crippen molar-refractivity contribution in [3.05, 3.63) is 41.8 Å². The number of halogens is 3. The molecule has 3 rings (SSSR count). The van der Waals surface area contributed by atoms with Crippen LogP contribution in [0.5, 0.6) is 0 Å². The summed E-state index contributed by atoms with van der Waals surface area (Å²) in [5.74, 6) is -1.05. The minimum absolute atomic E-state index is 0.0314. The number of aromatic nitrogens is 4. The van der Waals surface area contributed by atoms with E-state index in [0.29, 0.717) is 12.3 Å². The summed E-state index contributed by atoms with van der Waals surface area (Å²) >= 11 is 0. The minimum atomic E-state index is -4.66. The first-order valence-electron chi connectivity index (χ1n) is 7.49. The van der Waals surface area contributed by atoms with Crippen LogP contribution in [0.25, 0.3) is 11.0 Å². The largest absolute Gasteiger partial charge is 0.449 e. The number of para-hydroxylation sites is 2. The molecule has 2 heterocycles. The molecule has 0 aliphatic heterocycles. The molecule has 0 aliphatic rings. The summed E-state index contributed by atoms with van der Waals surface area (Å²) in [6.45, 7) is 1.28. The van der Waals surface area contributed by atoms with Gasteiger partial charge in [-0.2, -0.15) is 18.2 Å². The molecule has 0 aliphatic carbocycles. The number of nitrogens with one attached hydrogen (secondary N) is 1. The molecule has 2 aromatic heterocycles. The van der Waals surface area contributed by atoms with Crippen LogP contribution in [0.2, 0.25) is 0 Å². The van der Waals surface area contributed by atoms with E-state index < -0.39 is 24.5 Å². The maximum atomic E-state index is 13.2. The van der Waals surface area contributed by atoms with E-state index >= 15 is 0 Å². The Morgan fingerprint density at radius 2 is 2.04 bits per heavy atom. The van der Waals surface area contributed by atoms with Gasteiger partial charge in [0.05, 0.1) is 17.6 Å². The van der Waals surface area contributed by atoms with Gasteiger partial charge in [0.2, 0.25) is 17.6 Å². The number of hydrogen-bond donors (Lipinski definition) is 1. The molecule has 10 heteroatoms. The van der Waals surface area contributed by atoms with E-state index in [9.17, 15) is 18.0 Å². The number of fused-ring (bicyclic) bond motifs is 1. The number of benzene rings is 1. The predicted molar refractivity (Wildman–Crippen MR) is 80.3 cm³/mol. The van der Waals surface area contributed by atoms with Crippen LogP contribution in [0.15, 0.2) is 28.8 Å². The summed E-state index contributed by atoms with van der Waals surface area (Å²) < 4.78 is 45.3. The molecule has 0 fully saturated rings. The summed E-state index contributed by atoms with van der Waals surface area (Å²) in [5.41, 5.74) is 0.409. The number of carbonyl (C=O) groups excluding carboxylic acids is 1. The van der Waals surface area contributed by atoms with Gasteiger partial charge >= 0.3 is 6.18 Å². The molecular weight excluding hydrogens is 339 g/mol. The van der Waals surface area contributed by atoms with Crippen molar-refractivity contribution >= 4 is 16.9 Å². The first-order valence-corrected chi connectivity index (χ1v) is 7.49. The number of imidazole rings is 1. The van der Waals surface area contributed by atoms with Crippen LogP contribution in [0, 0.1) is 0 Å². The Labute approximate surface area is 139 Å². The average molecular weight is 353 g/mol. The van der Waals surface area contributed by atoms with Gasteiger partial charge in [0.15, 0.2) is 5.82 Å². The van der Waals surface area contributed by atoms with Gasteiger partial charge in [-0.1, -0.05) is 24.2 Å². The highest BCUT2D eigenvalue weighted by Gasteiger charge is 2.37. The second-order valence-electron chi connectivity index (χ2n) is 5.24. The molecule has 1 aromatic carbocycles. The minimum Gasteiger partial charge on any atom is -0.347 e. The molecular formula is C15H14F3N5O2. The van der Waals surface area contributed by atoms with Crippen LogP contribution in [0.3, 0.4) is 0 Å². The topological polar surface area (TPSA) is 85.8 Å². The molecule has 0 saturated carbocycles. The number of hydrogen-bond acceptors (Lipinski definition) is 5. The average Bonchev–Trinajstić information content (AvgIpc) is 3.17. The van der Waals surface area contributed by atoms with Crippen LogP contribution in [0.4, 0.5) is 13.2 Å². The zero-order valence-electron chi connectivity index (χ0n) is 13.2. The van der Waals surface area contributed by atoms with Gasteiger partial charge in [0.25, 0.3) is 0 Å². The first kappa shape index (κ1) is 16.9. The SMILES string of the molecule is CCc1nc(CNC(=O)Cn2c(C(F)(F)F)nc3ccccc32)no1. The molecule has 3 aromatic rings. The molecule has 7 nitrogen and oxygen atoms in total. The lowest BCUT2D eigenvalue weighted by atomic mass is 10.3. The number of carbonyl (C=O) groups is 1. The van der Waals surface area contributed by atoms with Gasteiger partial charge in [-0.25, -0.2) is 4.98 Å². The molecule has 0 atom stereocenters. The van der Waals surface area contributed by atoms with Gasteiger partial charge in [-0.05, 0) is 12.1 Å². The van der Waals surface area contributed by atoms with Crippen molar-refractivity contribution in [3.63, 3.8) is 0 Å². The molecule has 1 amide bonds. The summed E-state index contributed by atoms with van der Waals surface area (Å²) in [7, 11) is 0. The predicted octanol–water partition coefficient (Wildman–Crippen LogP) is 2.32. The molecule has 0 saturated heterocycles. The van der Waals surface area contributed by atoms with Gasteiger partial charge in [0.1, 0.15) is 6.54 Å². The van der Waals surface area contributed by atoms with Gasteiger partial charge < -0.3 is 14.4 Å². The normalized spacial score (nSPS) is 11.8. The van der Waals surface area contributed by atoms with Gasteiger partial charge in [-0.3, -0.25) is 4.79 Å². The third-order valence-corrected chi connectivity index (χ3v) is 3.47. The van der Waals surface area contributed by atoms with Crippen molar-refractivity contribution in [2.24, 2.45) is 0 Å². The highest BCUT2D eigenvalue weighted by Crippen LogP contribution is 2.31. The van der Waals surface area contributed by atoms with Crippen molar-refractivity contribution < 1.29 is 22.5 Å². The lowest BCUT2D eigenvalue weighted by Gasteiger charge is -2.11. The maximum absolute atomic E-state index is 13.2. The summed E-state index contributed by atoms with van der Waals surface area (Å²) in [4.78, 5) is 19.7. The highest BCUT2D eigenvalue weighted by molar-refractivity contribution is 5.81. The second-order valence-corrected chi connectivity index (χ2v) is 5.24. The quantitative estimate of drug-likeness (QED) is 0.761. The fourth-order valence-electron chi connectivity index (χ4n) is 2.33.